The molecular formula is C11H14N2O4S. The maximum Gasteiger partial charge on any atom is 0.289 e. The van der Waals surface area contributed by atoms with Crippen LogP contribution in [-0.2, 0) is 10.0 Å². The van der Waals surface area contributed by atoms with Gasteiger partial charge in [0, 0.05) is 19.2 Å². The second-order valence-corrected chi connectivity index (χ2v) is 6.17. The fourth-order valence-corrected chi connectivity index (χ4v) is 4.05. The molecule has 1 aromatic rings. The Labute approximate surface area is 105 Å². The van der Waals surface area contributed by atoms with Crippen LogP contribution in [0, 0.1) is 17.0 Å². The number of sulfonamides is 1. The summed E-state index contributed by atoms with van der Waals surface area (Å²) in [6, 6.07) is 4.31. The minimum atomic E-state index is -3.75. The Hall–Kier alpha value is -1.47. The van der Waals surface area contributed by atoms with Gasteiger partial charge in [-0.2, -0.15) is 4.31 Å². The van der Waals surface area contributed by atoms with Crippen molar-refractivity contribution >= 4 is 15.7 Å². The quantitative estimate of drug-likeness (QED) is 0.618. The third-order valence-corrected chi connectivity index (χ3v) is 5.14. The van der Waals surface area contributed by atoms with E-state index in [4.69, 9.17) is 0 Å². The molecule has 0 saturated carbocycles. The second kappa shape index (κ2) is 4.66. The molecule has 1 heterocycles. The summed E-state index contributed by atoms with van der Waals surface area (Å²) in [4.78, 5) is 10.1. The molecule has 0 atom stereocenters. The van der Waals surface area contributed by atoms with Gasteiger partial charge in [-0.1, -0.05) is 12.1 Å². The van der Waals surface area contributed by atoms with Gasteiger partial charge in [-0.05, 0) is 25.3 Å². The molecule has 1 fully saturated rings. The van der Waals surface area contributed by atoms with Gasteiger partial charge in [0.1, 0.15) is 0 Å². The van der Waals surface area contributed by atoms with E-state index >= 15 is 0 Å². The first-order chi connectivity index (χ1) is 8.44. The largest absolute Gasteiger partial charge is 0.289 e. The molecule has 0 N–H and O–H groups in total. The van der Waals surface area contributed by atoms with E-state index in [1.807, 2.05) is 0 Å². The van der Waals surface area contributed by atoms with Gasteiger partial charge in [0.25, 0.3) is 5.69 Å². The van der Waals surface area contributed by atoms with Crippen LogP contribution in [0.5, 0.6) is 0 Å². The molecule has 0 aromatic heterocycles. The van der Waals surface area contributed by atoms with E-state index in [1.54, 1.807) is 13.0 Å². The van der Waals surface area contributed by atoms with Gasteiger partial charge in [-0.25, -0.2) is 8.42 Å². The first-order valence-electron chi connectivity index (χ1n) is 5.69. The molecule has 0 unspecified atom stereocenters. The smallest absolute Gasteiger partial charge is 0.258 e. The normalized spacial score (nSPS) is 16.9. The summed E-state index contributed by atoms with van der Waals surface area (Å²) in [7, 11) is -3.75. The Morgan fingerprint density at radius 1 is 1.28 bits per heavy atom. The van der Waals surface area contributed by atoms with Crippen molar-refractivity contribution in [3.8, 4) is 0 Å². The Kier molecular flexibility index (Phi) is 3.36. The average Bonchev–Trinajstić information content (AvgIpc) is 2.82. The summed E-state index contributed by atoms with van der Waals surface area (Å²) in [6.45, 7) is 2.46. The second-order valence-electron chi connectivity index (χ2n) is 4.29. The predicted molar refractivity (Wildman–Crippen MR) is 65.8 cm³/mol. The van der Waals surface area contributed by atoms with Crippen molar-refractivity contribution in [2.45, 2.75) is 24.7 Å². The maximum atomic E-state index is 12.4. The van der Waals surface area contributed by atoms with Crippen LogP contribution in [0.25, 0.3) is 0 Å². The lowest BCUT2D eigenvalue weighted by Gasteiger charge is -2.16. The van der Waals surface area contributed by atoms with E-state index in [-0.39, 0.29) is 10.6 Å². The molecule has 2 rings (SSSR count). The molecule has 0 bridgehead atoms. The maximum absolute atomic E-state index is 12.4. The minimum Gasteiger partial charge on any atom is -0.258 e. The lowest BCUT2D eigenvalue weighted by molar-refractivity contribution is -0.387. The lowest BCUT2D eigenvalue weighted by Crippen LogP contribution is -2.29. The van der Waals surface area contributed by atoms with Crippen molar-refractivity contribution in [3.63, 3.8) is 0 Å². The molecular weight excluding hydrogens is 256 g/mol. The summed E-state index contributed by atoms with van der Waals surface area (Å²) in [5, 5.41) is 11.0. The zero-order valence-electron chi connectivity index (χ0n) is 10.00. The van der Waals surface area contributed by atoms with Crippen LogP contribution in [0.2, 0.25) is 0 Å². The Morgan fingerprint density at radius 2 is 1.89 bits per heavy atom. The van der Waals surface area contributed by atoms with Crippen LogP contribution >= 0.6 is 0 Å². The molecule has 1 aromatic carbocycles. The first kappa shape index (κ1) is 13.0. The predicted octanol–water partition coefficient (Wildman–Crippen LogP) is 1.69. The third-order valence-electron chi connectivity index (χ3n) is 3.05. The average molecular weight is 270 g/mol. The summed E-state index contributed by atoms with van der Waals surface area (Å²) in [5.74, 6) is 0. The summed E-state index contributed by atoms with van der Waals surface area (Å²) >= 11 is 0. The molecule has 7 heteroatoms. The molecule has 0 aliphatic carbocycles. The Balaban J connectivity index is 2.59. The van der Waals surface area contributed by atoms with Crippen molar-refractivity contribution < 1.29 is 13.3 Å². The number of hydrogen-bond acceptors (Lipinski definition) is 4. The van der Waals surface area contributed by atoms with Crippen LogP contribution in [0.3, 0.4) is 0 Å². The van der Waals surface area contributed by atoms with Crippen molar-refractivity contribution in [2.24, 2.45) is 0 Å². The van der Waals surface area contributed by atoms with Crippen molar-refractivity contribution in [1.82, 2.24) is 4.31 Å². The van der Waals surface area contributed by atoms with Crippen LogP contribution in [0.15, 0.2) is 23.1 Å². The van der Waals surface area contributed by atoms with Crippen LogP contribution in [-0.4, -0.2) is 30.7 Å². The molecule has 1 aliphatic heterocycles. The first-order valence-corrected chi connectivity index (χ1v) is 7.13. The molecule has 98 valence electrons. The van der Waals surface area contributed by atoms with E-state index in [0.29, 0.717) is 18.7 Å². The van der Waals surface area contributed by atoms with Gasteiger partial charge in [-0.3, -0.25) is 10.1 Å². The van der Waals surface area contributed by atoms with E-state index in [0.717, 1.165) is 12.8 Å². The molecule has 0 radical (unpaired) electrons. The standard InChI is InChI=1S/C11H14N2O4S/c1-9-5-4-6-10(13(14)15)11(9)18(16,17)12-7-2-3-8-12/h4-6H,2-3,7-8H2,1H3. The van der Waals surface area contributed by atoms with E-state index in [1.165, 1.54) is 16.4 Å². The fourth-order valence-electron chi connectivity index (χ4n) is 2.17. The molecule has 0 spiro atoms. The number of benzene rings is 1. The van der Waals surface area contributed by atoms with Crippen molar-refractivity contribution in [1.29, 1.82) is 0 Å². The lowest BCUT2D eigenvalue weighted by atomic mass is 10.2. The zero-order valence-corrected chi connectivity index (χ0v) is 10.8. The van der Waals surface area contributed by atoms with Crippen LogP contribution < -0.4 is 0 Å². The summed E-state index contributed by atoms with van der Waals surface area (Å²) in [5.41, 5.74) is 0.0676. The van der Waals surface area contributed by atoms with Gasteiger partial charge in [0.05, 0.1) is 4.92 Å². The van der Waals surface area contributed by atoms with Gasteiger partial charge in [0.2, 0.25) is 10.0 Å². The third kappa shape index (κ3) is 2.11. The molecule has 0 amide bonds. The van der Waals surface area contributed by atoms with E-state index in [9.17, 15) is 18.5 Å². The number of rotatable bonds is 3. The van der Waals surface area contributed by atoms with Gasteiger partial charge in [0.15, 0.2) is 4.90 Å². The molecule has 6 nitrogen and oxygen atoms in total. The Bertz CT molecular complexity index is 577. The monoisotopic (exact) mass is 270 g/mol. The number of aryl methyl sites for hydroxylation is 1. The van der Waals surface area contributed by atoms with Gasteiger partial charge >= 0.3 is 0 Å². The summed E-state index contributed by atoms with van der Waals surface area (Å²) in [6.07, 6.45) is 1.61. The van der Waals surface area contributed by atoms with E-state index in [2.05, 4.69) is 0 Å². The van der Waals surface area contributed by atoms with E-state index < -0.39 is 14.9 Å². The highest BCUT2D eigenvalue weighted by atomic mass is 32.2. The van der Waals surface area contributed by atoms with Crippen LogP contribution in [0.4, 0.5) is 5.69 Å². The molecule has 18 heavy (non-hydrogen) atoms. The SMILES string of the molecule is Cc1cccc([N+](=O)[O-])c1S(=O)(=O)N1CCCC1. The zero-order chi connectivity index (χ0) is 13.3. The minimum absolute atomic E-state index is 0.170. The van der Waals surface area contributed by atoms with Crippen molar-refractivity contribution in [3.05, 3.63) is 33.9 Å². The molecule has 1 aliphatic rings. The number of nitro benzene ring substituents is 1. The number of hydrogen-bond donors (Lipinski definition) is 0. The molecule has 1 saturated heterocycles. The van der Waals surface area contributed by atoms with Gasteiger partial charge < -0.3 is 0 Å². The van der Waals surface area contributed by atoms with Gasteiger partial charge in [-0.15, -0.1) is 0 Å². The summed E-state index contributed by atoms with van der Waals surface area (Å²) < 4.78 is 26.1. The van der Waals surface area contributed by atoms with Crippen LogP contribution in [0.1, 0.15) is 18.4 Å². The number of nitro groups is 1. The highest BCUT2D eigenvalue weighted by molar-refractivity contribution is 7.89. The fraction of sp³-hybridized carbons (Fsp3) is 0.455. The highest BCUT2D eigenvalue weighted by Crippen LogP contribution is 2.31. The van der Waals surface area contributed by atoms with Crippen molar-refractivity contribution in [2.75, 3.05) is 13.1 Å². The highest BCUT2D eigenvalue weighted by Gasteiger charge is 2.34. The topological polar surface area (TPSA) is 80.5 Å². The Morgan fingerprint density at radius 3 is 2.44 bits per heavy atom. The number of nitrogens with zero attached hydrogens (tertiary/aromatic N) is 2.